The highest BCUT2D eigenvalue weighted by Crippen LogP contribution is 2.34. The van der Waals surface area contributed by atoms with E-state index in [0.29, 0.717) is 22.4 Å². The highest BCUT2D eigenvalue weighted by molar-refractivity contribution is 5.87. The summed E-state index contributed by atoms with van der Waals surface area (Å²) in [6, 6.07) is 7.07. The number of halogens is 3. The molecule has 0 radical (unpaired) electrons. The fourth-order valence-electron chi connectivity index (χ4n) is 2.38. The molecule has 3 aromatic rings. The summed E-state index contributed by atoms with van der Waals surface area (Å²) in [6.07, 6.45) is -4.35. The predicted octanol–water partition coefficient (Wildman–Crippen LogP) is 3.18. The SMILES string of the molecule is Cn1nc(-c2cc3cc(C(F)(F)F)ccc3n2C)cc1N. The van der Waals surface area contributed by atoms with Gasteiger partial charge in [-0.3, -0.25) is 4.68 Å². The number of hydrogen-bond acceptors (Lipinski definition) is 2. The summed E-state index contributed by atoms with van der Waals surface area (Å²) in [5.74, 6) is 0.492. The van der Waals surface area contributed by atoms with Crippen LogP contribution in [0.25, 0.3) is 22.3 Å². The molecule has 2 aromatic heterocycles. The van der Waals surface area contributed by atoms with E-state index >= 15 is 0 Å². The molecule has 2 N–H and O–H groups in total. The molecule has 0 spiro atoms. The molecule has 0 bridgehead atoms. The zero-order valence-corrected chi connectivity index (χ0v) is 11.4. The molecule has 0 saturated heterocycles. The van der Waals surface area contributed by atoms with E-state index in [1.807, 2.05) is 0 Å². The molecule has 0 aliphatic rings. The number of nitrogens with two attached hydrogens (primary N) is 1. The van der Waals surface area contributed by atoms with Crippen molar-refractivity contribution < 1.29 is 13.2 Å². The smallest absolute Gasteiger partial charge is 0.384 e. The zero-order valence-electron chi connectivity index (χ0n) is 11.4. The highest BCUT2D eigenvalue weighted by Gasteiger charge is 2.30. The third-order valence-electron chi connectivity index (χ3n) is 3.55. The number of aromatic nitrogens is 3. The standard InChI is InChI=1S/C14H13F3N4/c1-20-11-4-3-9(14(15,16)17)5-8(11)6-12(20)10-7-13(18)21(2)19-10/h3-7H,18H2,1-2H3. The molecule has 0 aliphatic heterocycles. The van der Waals surface area contributed by atoms with Crippen LogP contribution in [0.2, 0.25) is 0 Å². The Kier molecular flexibility index (Phi) is 2.76. The van der Waals surface area contributed by atoms with Crippen LogP contribution in [0, 0.1) is 0 Å². The van der Waals surface area contributed by atoms with Gasteiger partial charge >= 0.3 is 6.18 Å². The maximum atomic E-state index is 12.8. The van der Waals surface area contributed by atoms with E-state index in [9.17, 15) is 13.2 Å². The molecular formula is C14H13F3N4. The lowest BCUT2D eigenvalue weighted by Crippen LogP contribution is -2.04. The molecule has 2 heterocycles. The normalized spacial score (nSPS) is 12.2. The van der Waals surface area contributed by atoms with Gasteiger partial charge in [-0.1, -0.05) is 0 Å². The lowest BCUT2D eigenvalue weighted by atomic mass is 10.1. The lowest BCUT2D eigenvalue weighted by molar-refractivity contribution is -0.137. The maximum Gasteiger partial charge on any atom is 0.416 e. The number of alkyl halides is 3. The van der Waals surface area contributed by atoms with Crippen molar-refractivity contribution in [1.29, 1.82) is 0 Å². The van der Waals surface area contributed by atoms with Gasteiger partial charge in [-0.2, -0.15) is 18.3 Å². The van der Waals surface area contributed by atoms with E-state index in [4.69, 9.17) is 5.73 Å². The number of benzene rings is 1. The maximum absolute atomic E-state index is 12.8. The monoisotopic (exact) mass is 294 g/mol. The van der Waals surface area contributed by atoms with Crippen molar-refractivity contribution in [3.05, 3.63) is 35.9 Å². The number of hydrogen-bond donors (Lipinski definition) is 1. The first-order chi connectivity index (χ1) is 9.77. The second-order valence-corrected chi connectivity index (χ2v) is 4.94. The minimum Gasteiger partial charge on any atom is -0.384 e. The average Bonchev–Trinajstić information content (AvgIpc) is 2.90. The second kappa shape index (κ2) is 4.28. The van der Waals surface area contributed by atoms with Crippen LogP contribution in [0.3, 0.4) is 0 Å². The first-order valence-corrected chi connectivity index (χ1v) is 6.24. The van der Waals surface area contributed by atoms with Crippen molar-refractivity contribution in [2.24, 2.45) is 14.1 Å². The van der Waals surface area contributed by atoms with Crippen LogP contribution >= 0.6 is 0 Å². The van der Waals surface area contributed by atoms with Crippen molar-refractivity contribution in [3.63, 3.8) is 0 Å². The van der Waals surface area contributed by atoms with Gasteiger partial charge in [-0.25, -0.2) is 0 Å². The van der Waals surface area contributed by atoms with E-state index in [1.54, 1.807) is 30.8 Å². The number of nitrogens with zero attached hydrogens (tertiary/aromatic N) is 3. The summed E-state index contributed by atoms with van der Waals surface area (Å²) in [5.41, 5.74) is 7.14. The van der Waals surface area contributed by atoms with Crippen LogP contribution in [-0.4, -0.2) is 14.3 Å². The summed E-state index contributed by atoms with van der Waals surface area (Å²) < 4.78 is 41.6. The molecule has 0 fully saturated rings. The van der Waals surface area contributed by atoms with Crippen LogP contribution in [0.5, 0.6) is 0 Å². The van der Waals surface area contributed by atoms with Crippen LogP contribution in [0.15, 0.2) is 30.3 Å². The van der Waals surface area contributed by atoms with E-state index in [1.165, 1.54) is 10.7 Å². The largest absolute Gasteiger partial charge is 0.416 e. The molecule has 1 aromatic carbocycles. The van der Waals surface area contributed by atoms with Gasteiger partial charge in [0.05, 0.1) is 11.3 Å². The van der Waals surface area contributed by atoms with E-state index in [-0.39, 0.29) is 0 Å². The highest BCUT2D eigenvalue weighted by atomic mass is 19.4. The zero-order chi connectivity index (χ0) is 15.4. The summed E-state index contributed by atoms with van der Waals surface area (Å²) in [5, 5.41) is 4.78. The Balaban J connectivity index is 2.19. The van der Waals surface area contributed by atoms with Gasteiger partial charge in [0.15, 0.2) is 0 Å². The number of rotatable bonds is 1. The van der Waals surface area contributed by atoms with Gasteiger partial charge in [0.1, 0.15) is 11.5 Å². The van der Waals surface area contributed by atoms with E-state index < -0.39 is 11.7 Å². The molecule has 0 atom stereocenters. The van der Waals surface area contributed by atoms with Crippen molar-refractivity contribution in [3.8, 4) is 11.4 Å². The van der Waals surface area contributed by atoms with Gasteiger partial charge in [-0.15, -0.1) is 0 Å². The Morgan fingerprint density at radius 3 is 2.38 bits per heavy atom. The Labute approximate surface area is 118 Å². The summed E-state index contributed by atoms with van der Waals surface area (Å²) >= 11 is 0. The second-order valence-electron chi connectivity index (χ2n) is 4.94. The first kappa shape index (κ1) is 13.5. The molecule has 0 amide bonds. The fourth-order valence-corrected chi connectivity index (χ4v) is 2.38. The number of nitrogen functional groups attached to an aromatic ring is 1. The van der Waals surface area contributed by atoms with Crippen LogP contribution < -0.4 is 5.73 Å². The molecule has 110 valence electrons. The quantitative estimate of drug-likeness (QED) is 0.749. The number of aryl methyl sites for hydroxylation is 2. The summed E-state index contributed by atoms with van der Waals surface area (Å²) in [7, 11) is 3.50. The van der Waals surface area contributed by atoms with Crippen molar-refractivity contribution in [2.45, 2.75) is 6.18 Å². The van der Waals surface area contributed by atoms with Gasteiger partial charge < -0.3 is 10.3 Å². The molecule has 0 aliphatic carbocycles. The van der Waals surface area contributed by atoms with E-state index in [0.717, 1.165) is 17.8 Å². The Bertz CT molecular complexity index is 807. The Hall–Kier alpha value is -2.44. The Morgan fingerprint density at radius 2 is 1.81 bits per heavy atom. The average molecular weight is 294 g/mol. The topological polar surface area (TPSA) is 48.8 Å². The van der Waals surface area contributed by atoms with Gasteiger partial charge in [0.2, 0.25) is 0 Å². The van der Waals surface area contributed by atoms with Crippen LogP contribution in [0.4, 0.5) is 19.0 Å². The minimum atomic E-state index is -4.35. The molecule has 7 heteroatoms. The lowest BCUT2D eigenvalue weighted by Gasteiger charge is -2.06. The molecule has 21 heavy (non-hydrogen) atoms. The first-order valence-electron chi connectivity index (χ1n) is 6.24. The van der Waals surface area contributed by atoms with Gasteiger partial charge in [-0.05, 0) is 24.3 Å². The fraction of sp³-hybridized carbons (Fsp3) is 0.214. The van der Waals surface area contributed by atoms with Gasteiger partial charge in [0, 0.05) is 31.1 Å². The third kappa shape index (κ3) is 2.14. The molecular weight excluding hydrogens is 281 g/mol. The van der Waals surface area contributed by atoms with Crippen molar-refractivity contribution in [2.75, 3.05) is 5.73 Å². The Morgan fingerprint density at radius 1 is 1.10 bits per heavy atom. The summed E-state index contributed by atoms with van der Waals surface area (Å²) in [6.45, 7) is 0. The predicted molar refractivity (Wildman–Crippen MR) is 74.5 cm³/mol. The molecule has 0 saturated carbocycles. The molecule has 0 unspecified atom stereocenters. The molecule has 4 nitrogen and oxygen atoms in total. The molecule has 3 rings (SSSR count). The van der Waals surface area contributed by atoms with Crippen molar-refractivity contribution >= 4 is 16.7 Å². The number of anilines is 1. The third-order valence-corrected chi connectivity index (χ3v) is 3.55. The van der Waals surface area contributed by atoms with Crippen LogP contribution in [-0.2, 0) is 20.3 Å². The summed E-state index contributed by atoms with van der Waals surface area (Å²) in [4.78, 5) is 0. The minimum absolute atomic E-state index is 0.492. The van der Waals surface area contributed by atoms with Crippen molar-refractivity contribution in [1.82, 2.24) is 14.3 Å². The van der Waals surface area contributed by atoms with Crippen LogP contribution in [0.1, 0.15) is 5.56 Å². The van der Waals surface area contributed by atoms with E-state index in [2.05, 4.69) is 5.10 Å². The number of fused-ring (bicyclic) bond motifs is 1. The van der Waals surface area contributed by atoms with Gasteiger partial charge in [0.25, 0.3) is 0 Å².